The summed E-state index contributed by atoms with van der Waals surface area (Å²) in [5, 5.41) is 132. The molecule has 0 radical (unpaired) electrons. The molecular weight excluding hydrogens is 972 g/mol. The summed E-state index contributed by atoms with van der Waals surface area (Å²) in [5.74, 6) is -2.44. The molecule has 0 spiro atoms. The Labute approximate surface area is 409 Å². The number of aliphatic hydroxyl groups is 10. The van der Waals surface area contributed by atoms with Crippen molar-refractivity contribution >= 4 is 23.6 Å². The number of carbonyl (C=O) groups excluding carboxylic acids is 4. The summed E-state index contributed by atoms with van der Waals surface area (Å²) in [6, 6.07) is -5.37. The Morgan fingerprint density at radius 1 is 0.500 bits per heavy atom. The zero-order valence-corrected chi connectivity index (χ0v) is 39.4. The fourth-order valence-electron chi connectivity index (χ4n) is 8.70. The molecule has 0 aromatic carbocycles. The first-order valence-corrected chi connectivity index (χ1v) is 22.8. The lowest BCUT2D eigenvalue weighted by Gasteiger charge is -2.48. The highest BCUT2D eigenvalue weighted by Gasteiger charge is 2.54. The Morgan fingerprint density at radius 3 is 1.15 bits per heavy atom. The molecule has 2 aromatic heterocycles. The summed E-state index contributed by atoms with van der Waals surface area (Å²) in [7, 11) is 0. The van der Waals surface area contributed by atoms with Crippen LogP contribution in [0.4, 0.5) is 0 Å². The van der Waals surface area contributed by atoms with E-state index in [1.165, 1.54) is 35.6 Å². The Balaban J connectivity index is 1.03. The summed E-state index contributed by atoms with van der Waals surface area (Å²) >= 11 is 0. The molecule has 4 aliphatic heterocycles. The standard InChI is InChI=1S/C40H64N10O22/c1-15(55)41-25-33(63)35(71-39-27(43-17(3)57)31(61)29(59)21(9-51)69-39)23(11-53)67-37(25)49-7-19(45-47-49)13-65-5-6-66-14-20-8-50(48-46-20)38-26(42-16(2)56)34(64)36(24(12-54)68-38)72-40-28(44-18(4)58)32(62)30(60)22(10-52)70-40/h7-8,21-40,51-54,59-64H,5-6,9-14H2,1-4H3,(H,41,55)(H,42,56)(H,43,57)(H,44,58)/t21-,22-,23-,24-,25-,26-,27-,28-,29+,30+,31-,32-,33-,34-,35-,36-,37-,38-,39+,40+/m1/s1. The Morgan fingerprint density at radius 2 is 0.833 bits per heavy atom. The van der Waals surface area contributed by atoms with Gasteiger partial charge in [-0.2, -0.15) is 0 Å². The highest BCUT2D eigenvalue weighted by molar-refractivity contribution is 5.74. The zero-order valence-electron chi connectivity index (χ0n) is 39.4. The van der Waals surface area contributed by atoms with Crippen molar-refractivity contribution in [1.29, 1.82) is 0 Å². The third kappa shape index (κ3) is 13.4. The third-order valence-corrected chi connectivity index (χ3v) is 12.1. The number of rotatable bonds is 21. The van der Waals surface area contributed by atoms with Crippen molar-refractivity contribution in [2.45, 2.75) is 163 Å². The smallest absolute Gasteiger partial charge is 0.217 e. The average Bonchev–Trinajstić information content (AvgIpc) is 4.02. The van der Waals surface area contributed by atoms with Gasteiger partial charge in [-0.1, -0.05) is 10.4 Å². The van der Waals surface area contributed by atoms with Gasteiger partial charge in [0.1, 0.15) is 109 Å². The largest absolute Gasteiger partial charge is 0.394 e. The van der Waals surface area contributed by atoms with Crippen LogP contribution in [-0.4, -0.2) is 254 Å². The first-order chi connectivity index (χ1) is 34.3. The zero-order chi connectivity index (χ0) is 52.6. The molecule has 4 amide bonds. The van der Waals surface area contributed by atoms with Crippen molar-refractivity contribution in [3.8, 4) is 0 Å². The number of aromatic nitrogens is 6. The van der Waals surface area contributed by atoms with E-state index in [1.54, 1.807) is 0 Å². The second kappa shape index (κ2) is 25.6. The van der Waals surface area contributed by atoms with Gasteiger partial charge in [-0.25, -0.2) is 9.36 Å². The van der Waals surface area contributed by atoms with Crippen molar-refractivity contribution in [3.05, 3.63) is 23.8 Å². The van der Waals surface area contributed by atoms with Crippen molar-refractivity contribution in [2.75, 3.05) is 39.6 Å². The van der Waals surface area contributed by atoms with Crippen LogP contribution in [0.5, 0.6) is 0 Å². The Hall–Kier alpha value is -4.56. The molecule has 4 fully saturated rings. The van der Waals surface area contributed by atoms with Gasteiger partial charge in [-0.05, 0) is 0 Å². The number of nitrogens with zero attached hydrogens (tertiary/aromatic N) is 6. The van der Waals surface area contributed by atoms with E-state index in [2.05, 4.69) is 41.9 Å². The van der Waals surface area contributed by atoms with Crippen molar-refractivity contribution in [3.63, 3.8) is 0 Å². The third-order valence-electron chi connectivity index (χ3n) is 12.1. The molecule has 20 atom stereocenters. The second-order valence-electron chi connectivity index (χ2n) is 17.5. The molecule has 0 saturated carbocycles. The van der Waals surface area contributed by atoms with E-state index in [4.69, 9.17) is 37.9 Å². The second-order valence-corrected chi connectivity index (χ2v) is 17.5. The van der Waals surface area contributed by atoms with Crippen LogP contribution in [-0.2, 0) is 70.3 Å². The fourth-order valence-corrected chi connectivity index (χ4v) is 8.70. The van der Waals surface area contributed by atoms with Crippen LogP contribution < -0.4 is 21.3 Å². The molecule has 14 N–H and O–H groups in total. The van der Waals surface area contributed by atoms with E-state index in [-0.39, 0.29) is 37.8 Å². The van der Waals surface area contributed by atoms with Crippen molar-refractivity contribution < 1.29 is 108 Å². The number of hydrogen-bond acceptors (Lipinski definition) is 26. The molecule has 406 valence electrons. The Kier molecular flexibility index (Phi) is 20.2. The van der Waals surface area contributed by atoms with Gasteiger partial charge in [0.25, 0.3) is 0 Å². The fraction of sp³-hybridized carbons (Fsp3) is 0.800. The quantitative estimate of drug-likeness (QED) is 0.0516. The van der Waals surface area contributed by atoms with Gasteiger partial charge in [0.15, 0.2) is 25.0 Å². The van der Waals surface area contributed by atoms with Crippen LogP contribution in [0.1, 0.15) is 51.5 Å². The van der Waals surface area contributed by atoms with Crippen molar-refractivity contribution in [2.24, 2.45) is 0 Å². The predicted molar refractivity (Wildman–Crippen MR) is 229 cm³/mol. The maximum Gasteiger partial charge on any atom is 0.217 e. The molecule has 4 saturated heterocycles. The van der Waals surface area contributed by atoms with E-state index in [9.17, 15) is 70.2 Å². The number of hydrogen-bond donors (Lipinski definition) is 14. The predicted octanol–water partition coefficient (Wildman–Crippen LogP) is -9.23. The van der Waals surface area contributed by atoms with Crippen LogP contribution >= 0.6 is 0 Å². The molecule has 72 heavy (non-hydrogen) atoms. The first kappa shape index (κ1) is 56.7. The molecule has 2 aromatic rings. The maximum atomic E-state index is 12.3. The van der Waals surface area contributed by atoms with Gasteiger partial charge in [-0.15, -0.1) is 10.2 Å². The monoisotopic (exact) mass is 1040 g/mol. The minimum absolute atomic E-state index is 0.0238. The molecule has 4 aliphatic rings. The molecule has 6 heterocycles. The van der Waals surface area contributed by atoms with E-state index in [0.29, 0.717) is 0 Å². The van der Waals surface area contributed by atoms with Crippen LogP contribution in [0.3, 0.4) is 0 Å². The van der Waals surface area contributed by atoms with E-state index in [1.807, 2.05) is 0 Å². The summed E-state index contributed by atoms with van der Waals surface area (Å²) in [6.45, 7) is 1.50. The summed E-state index contributed by atoms with van der Waals surface area (Å²) < 4.78 is 49.1. The Bertz CT molecular complexity index is 1950. The summed E-state index contributed by atoms with van der Waals surface area (Å²) in [4.78, 5) is 48.6. The minimum Gasteiger partial charge on any atom is -0.394 e. The summed E-state index contributed by atoms with van der Waals surface area (Å²) in [5.41, 5.74) is 0.546. The van der Waals surface area contributed by atoms with Crippen LogP contribution in [0.2, 0.25) is 0 Å². The topological polar surface area (TPSA) is 454 Å². The van der Waals surface area contributed by atoms with Gasteiger partial charge >= 0.3 is 0 Å². The highest BCUT2D eigenvalue weighted by Crippen LogP contribution is 2.35. The number of nitrogens with one attached hydrogen (secondary N) is 4. The molecular formula is C40H64N10O22. The molecule has 0 aliphatic carbocycles. The lowest BCUT2D eigenvalue weighted by molar-refractivity contribution is -0.319. The van der Waals surface area contributed by atoms with Gasteiger partial charge in [0.05, 0.1) is 65.2 Å². The van der Waals surface area contributed by atoms with Crippen molar-refractivity contribution in [1.82, 2.24) is 51.3 Å². The van der Waals surface area contributed by atoms with E-state index in [0.717, 1.165) is 13.8 Å². The van der Waals surface area contributed by atoms with Gasteiger partial charge in [0.2, 0.25) is 23.6 Å². The summed E-state index contributed by atoms with van der Waals surface area (Å²) in [6.07, 6.45) is -21.1. The lowest BCUT2D eigenvalue weighted by atomic mass is 9.94. The maximum absolute atomic E-state index is 12.3. The van der Waals surface area contributed by atoms with E-state index < -0.39 is 173 Å². The first-order valence-electron chi connectivity index (χ1n) is 22.8. The van der Waals surface area contributed by atoms with Crippen LogP contribution in [0.15, 0.2) is 12.4 Å². The number of amides is 4. The van der Waals surface area contributed by atoms with E-state index >= 15 is 0 Å². The SMILES string of the molecule is CC(=O)N[C@@H]1[C@@H](O)[C@H](O[C@@H]2O[C@H](CO)[C@H](O)[C@H](O)[C@H]2NC(C)=O)[C@@H](CO)O[C@H]1n1cc(COCCOCc2cn([C@@H]3O[C@H](CO)[C@@H](O[C@@H]4O[C@H](CO)[C@H](O)[C@H](O)[C@H]4NC(C)=O)[C@H](O)[C@H]3NC(C)=O)nn2)nn1. The molecule has 6 rings (SSSR count). The normalized spacial score (nSPS) is 37.1. The van der Waals surface area contributed by atoms with Gasteiger partial charge in [0, 0.05) is 27.7 Å². The van der Waals surface area contributed by atoms with Gasteiger partial charge < -0.3 is 110 Å². The minimum atomic E-state index is -1.68. The average molecular weight is 1040 g/mol. The molecule has 32 nitrogen and oxygen atoms in total. The molecule has 0 bridgehead atoms. The lowest BCUT2D eigenvalue weighted by Crippen LogP contribution is -2.68. The molecule has 32 heteroatoms. The van der Waals surface area contributed by atoms with Crippen LogP contribution in [0.25, 0.3) is 0 Å². The number of ether oxygens (including phenoxy) is 8. The number of aliphatic hydroxyl groups excluding tert-OH is 10. The van der Waals surface area contributed by atoms with Gasteiger partial charge in [-0.3, -0.25) is 19.2 Å². The highest BCUT2D eigenvalue weighted by atomic mass is 16.7. The van der Waals surface area contributed by atoms with Crippen LogP contribution in [0, 0.1) is 0 Å². The number of carbonyl (C=O) groups is 4. The molecule has 0 unspecified atom stereocenters.